The van der Waals surface area contributed by atoms with Crippen LogP contribution in [-0.2, 0) is 0 Å². The fourth-order valence-electron chi connectivity index (χ4n) is 1.93. The Morgan fingerprint density at radius 2 is 2.16 bits per heavy atom. The normalized spacial score (nSPS) is 10.8. The second-order valence-electron chi connectivity index (χ2n) is 3.91. The molecular weight excluding hydrogens is 266 g/mol. The maximum absolute atomic E-state index is 11.3. The Labute approximate surface area is 112 Å². The van der Waals surface area contributed by atoms with Gasteiger partial charge < -0.3 is 5.73 Å². The lowest BCUT2D eigenvalue weighted by Crippen LogP contribution is -2.12. The molecule has 7 heteroatoms. The summed E-state index contributed by atoms with van der Waals surface area (Å²) >= 11 is 6.07. The highest BCUT2D eigenvalue weighted by Crippen LogP contribution is 2.30. The first-order chi connectivity index (χ1) is 9.16. The molecule has 0 spiro atoms. The summed E-state index contributed by atoms with van der Waals surface area (Å²) in [6.07, 6.45) is 1.66. The third-order valence-electron chi connectivity index (χ3n) is 2.71. The Morgan fingerprint density at radius 1 is 1.32 bits per heavy atom. The van der Waals surface area contributed by atoms with Crippen molar-refractivity contribution in [2.75, 3.05) is 0 Å². The molecule has 2 aromatic heterocycles. The molecule has 1 aromatic carbocycles. The van der Waals surface area contributed by atoms with Crippen molar-refractivity contribution in [3.8, 4) is 11.3 Å². The predicted molar refractivity (Wildman–Crippen MR) is 70.6 cm³/mol. The Kier molecular flexibility index (Phi) is 2.64. The smallest absolute Gasteiger partial charge is 0.271 e. The minimum atomic E-state index is -0.659. The van der Waals surface area contributed by atoms with Crippen LogP contribution in [-0.4, -0.2) is 26.3 Å². The van der Waals surface area contributed by atoms with Crippen molar-refractivity contribution < 1.29 is 4.79 Å². The van der Waals surface area contributed by atoms with Crippen LogP contribution < -0.4 is 5.73 Å². The molecule has 1 amide bonds. The quantitative estimate of drug-likeness (QED) is 0.743. The second kappa shape index (κ2) is 4.33. The van der Waals surface area contributed by atoms with E-state index in [-0.39, 0.29) is 5.69 Å². The van der Waals surface area contributed by atoms with Crippen molar-refractivity contribution >= 4 is 28.4 Å². The van der Waals surface area contributed by atoms with Gasteiger partial charge in [0.25, 0.3) is 5.91 Å². The molecule has 0 saturated heterocycles. The molecule has 3 rings (SSSR count). The van der Waals surface area contributed by atoms with Crippen molar-refractivity contribution in [2.45, 2.75) is 0 Å². The molecule has 0 radical (unpaired) electrons. The molecule has 19 heavy (non-hydrogen) atoms. The number of fused-ring (bicyclic) bond motifs is 1. The van der Waals surface area contributed by atoms with Crippen molar-refractivity contribution in [1.29, 1.82) is 0 Å². The Bertz CT molecular complexity index is 783. The highest BCUT2D eigenvalue weighted by Gasteiger charge is 2.18. The largest absolute Gasteiger partial charge is 0.364 e. The van der Waals surface area contributed by atoms with Crippen molar-refractivity contribution in [1.82, 2.24) is 20.4 Å². The summed E-state index contributed by atoms with van der Waals surface area (Å²) in [5.41, 5.74) is 6.97. The first-order valence-electron chi connectivity index (χ1n) is 5.42. The number of aromatic amines is 1. The van der Waals surface area contributed by atoms with Gasteiger partial charge in [0.05, 0.1) is 5.52 Å². The van der Waals surface area contributed by atoms with Crippen LogP contribution in [0, 0.1) is 0 Å². The number of H-pyrrole nitrogens is 1. The maximum Gasteiger partial charge on any atom is 0.271 e. The first kappa shape index (κ1) is 11.6. The van der Waals surface area contributed by atoms with Crippen LogP contribution in [0.25, 0.3) is 22.2 Å². The van der Waals surface area contributed by atoms with Gasteiger partial charge in [0.15, 0.2) is 5.69 Å². The van der Waals surface area contributed by atoms with Crippen molar-refractivity contribution in [3.63, 3.8) is 0 Å². The predicted octanol–water partition coefficient (Wildman–Crippen LogP) is 1.77. The zero-order valence-electron chi connectivity index (χ0n) is 9.59. The van der Waals surface area contributed by atoms with Gasteiger partial charge in [0.1, 0.15) is 5.69 Å². The SMILES string of the molecule is NC(=O)c1n[nH]nc1-c1cc(Cl)cc2cccnc12. The minimum absolute atomic E-state index is 0.0641. The number of pyridine rings is 1. The van der Waals surface area contributed by atoms with E-state index in [4.69, 9.17) is 17.3 Å². The molecule has 2 heterocycles. The summed E-state index contributed by atoms with van der Waals surface area (Å²) in [5.74, 6) is -0.659. The van der Waals surface area contributed by atoms with Crippen molar-refractivity contribution in [3.05, 3.63) is 41.2 Å². The van der Waals surface area contributed by atoms with E-state index in [0.29, 0.717) is 21.8 Å². The van der Waals surface area contributed by atoms with Crippen LogP contribution in [0.15, 0.2) is 30.5 Å². The molecule has 94 valence electrons. The van der Waals surface area contributed by atoms with Gasteiger partial charge in [-0.3, -0.25) is 9.78 Å². The Balaban J connectivity index is 2.36. The topological polar surface area (TPSA) is 97.6 Å². The van der Waals surface area contributed by atoms with Gasteiger partial charge in [-0.25, -0.2) is 0 Å². The first-order valence-corrected chi connectivity index (χ1v) is 5.80. The fraction of sp³-hybridized carbons (Fsp3) is 0. The average Bonchev–Trinajstić information content (AvgIpc) is 2.86. The number of halogens is 1. The lowest BCUT2D eigenvalue weighted by molar-refractivity contribution is 0.0996. The zero-order valence-corrected chi connectivity index (χ0v) is 10.3. The number of hydrogen-bond donors (Lipinski definition) is 2. The summed E-state index contributed by atoms with van der Waals surface area (Å²) in [5, 5.41) is 11.5. The number of aromatic nitrogens is 4. The van der Waals surface area contributed by atoms with E-state index in [1.165, 1.54) is 0 Å². The van der Waals surface area contributed by atoms with E-state index in [0.717, 1.165) is 5.39 Å². The number of primary amides is 1. The van der Waals surface area contributed by atoms with E-state index < -0.39 is 5.91 Å². The third-order valence-corrected chi connectivity index (χ3v) is 2.92. The van der Waals surface area contributed by atoms with Gasteiger partial charge >= 0.3 is 0 Å². The number of nitrogens with zero attached hydrogens (tertiary/aromatic N) is 3. The summed E-state index contributed by atoms with van der Waals surface area (Å²) in [4.78, 5) is 15.6. The number of nitrogens with one attached hydrogen (secondary N) is 1. The molecule has 0 saturated carbocycles. The molecular formula is C12H8ClN5O. The molecule has 0 fully saturated rings. The van der Waals surface area contributed by atoms with Crippen LogP contribution in [0.1, 0.15) is 10.5 Å². The van der Waals surface area contributed by atoms with Crippen LogP contribution in [0.4, 0.5) is 0 Å². The summed E-state index contributed by atoms with van der Waals surface area (Å²) in [6, 6.07) is 7.15. The molecule has 6 nitrogen and oxygen atoms in total. The van der Waals surface area contributed by atoms with E-state index >= 15 is 0 Å². The van der Waals surface area contributed by atoms with Gasteiger partial charge in [-0.1, -0.05) is 17.7 Å². The van der Waals surface area contributed by atoms with Crippen molar-refractivity contribution in [2.24, 2.45) is 5.73 Å². The Morgan fingerprint density at radius 3 is 2.95 bits per heavy atom. The minimum Gasteiger partial charge on any atom is -0.364 e. The third kappa shape index (κ3) is 1.92. The van der Waals surface area contributed by atoms with E-state index in [1.54, 1.807) is 24.4 Å². The number of hydrogen-bond acceptors (Lipinski definition) is 4. The summed E-state index contributed by atoms with van der Waals surface area (Å²) in [7, 11) is 0. The second-order valence-corrected chi connectivity index (χ2v) is 4.35. The van der Waals surface area contributed by atoms with Crippen LogP contribution >= 0.6 is 11.6 Å². The lowest BCUT2D eigenvalue weighted by Gasteiger charge is -2.04. The summed E-state index contributed by atoms with van der Waals surface area (Å²) in [6.45, 7) is 0. The standard InChI is InChI=1S/C12H8ClN5O/c13-7-4-6-2-1-3-15-9(6)8(5-7)10-11(12(14)19)17-18-16-10/h1-5H,(H2,14,19)(H,16,17,18). The molecule has 0 aliphatic carbocycles. The van der Waals surface area contributed by atoms with Crippen LogP contribution in [0.2, 0.25) is 5.02 Å². The fourth-order valence-corrected chi connectivity index (χ4v) is 2.15. The number of benzene rings is 1. The van der Waals surface area contributed by atoms with Gasteiger partial charge in [-0.15, -0.1) is 0 Å². The summed E-state index contributed by atoms with van der Waals surface area (Å²) < 4.78 is 0. The van der Waals surface area contributed by atoms with E-state index in [9.17, 15) is 4.79 Å². The van der Waals surface area contributed by atoms with Gasteiger partial charge in [-0.05, 0) is 18.2 Å². The highest BCUT2D eigenvalue weighted by atomic mass is 35.5. The van der Waals surface area contributed by atoms with Gasteiger partial charge in [-0.2, -0.15) is 15.4 Å². The van der Waals surface area contributed by atoms with E-state index in [1.807, 2.05) is 6.07 Å². The van der Waals surface area contributed by atoms with Crippen LogP contribution in [0.5, 0.6) is 0 Å². The molecule has 0 unspecified atom stereocenters. The lowest BCUT2D eigenvalue weighted by atomic mass is 10.1. The number of carbonyl (C=O) groups is 1. The number of rotatable bonds is 2. The number of amides is 1. The number of carbonyl (C=O) groups excluding carboxylic acids is 1. The van der Waals surface area contributed by atoms with Crippen LogP contribution in [0.3, 0.4) is 0 Å². The molecule has 0 aliphatic heterocycles. The molecule has 0 aliphatic rings. The molecule has 3 N–H and O–H groups in total. The monoisotopic (exact) mass is 273 g/mol. The highest BCUT2D eigenvalue weighted by molar-refractivity contribution is 6.32. The van der Waals surface area contributed by atoms with E-state index in [2.05, 4.69) is 20.4 Å². The number of nitrogens with two attached hydrogens (primary N) is 1. The maximum atomic E-state index is 11.3. The Hall–Kier alpha value is -2.47. The van der Waals surface area contributed by atoms with Gasteiger partial charge in [0.2, 0.25) is 0 Å². The molecule has 0 atom stereocenters. The average molecular weight is 274 g/mol. The molecule has 3 aromatic rings. The van der Waals surface area contributed by atoms with Gasteiger partial charge in [0, 0.05) is 22.2 Å². The zero-order chi connectivity index (χ0) is 13.4. The molecule has 0 bridgehead atoms.